The van der Waals surface area contributed by atoms with E-state index in [0.717, 1.165) is 18.7 Å². The Bertz CT molecular complexity index is 675. The maximum absolute atomic E-state index is 6.30. The topological polar surface area (TPSA) is 35.0 Å². The molecule has 1 saturated heterocycles. The highest BCUT2D eigenvalue weighted by molar-refractivity contribution is 7.03. The van der Waals surface area contributed by atoms with Crippen LogP contribution in [0.3, 0.4) is 0 Å². The molecule has 1 aromatic heterocycles. The van der Waals surface area contributed by atoms with Gasteiger partial charge < -0.3 is 4.74 Å². The van der Waals surface area contributed by atoms with Crippen LogP contribution in [0.4, 0.5) is 0 Å². The van der Waals surface area contributed by atoms with Crippen LogP contribution >= 0.6 is 11.5 Å². The molecule has 0 radical (unpaired) electrons. The minimum Gasteiger partial charge on any atom is -0.373 e. The van der Waals surface area contributed by atoms with Gasteiger partial charge in [0.1, 0.15) is 0 Å². The second-order valence-corrected chi connectivity index (χ2v) is 8.65. The van der Waals surface area contributed by atoms with Gasteiger partial charge in [-0.3, -0.25) is 0 Å². The first kappa shape index (κ1) is 17.6. The summed E-state index contributed by atoms with van der Waals surface area (Å²) in [5.41, 5.74) is 5.30. The summed E-state index contributed by atoms with van der Waals surface area (Å²) >= 11 is 1.44. The monoisotopic (exact) mass is 344 g/mol. The Kier molecular flexibility index (Phi) is 5.07. The van der Waals surface area contributed by atoms with Gasteiger partial charge in [-0.25, -0.2) is 0 Å². The first-order valence-corrected chi connectivity index (χ1v) is 9.71. The molecule has 0 N–H and O–H groups in total. The highest BCUT2D eigenvalue weighted by Crippen LogP contribution is 2.43. The predicted molar refractivity (Wildman–Crippen MR) is 99.6 cm³/mol. The van der Waals surface area contributed by atoms with Crippen LogP contribution in [0.25, 0.3) is 0 Å². The quantitative estimate of drug-likeness (QED) is 0.746. The summed E-state index contributed by atoms with van der Waals surface area (Å²) in [7, 11) is 0. The number of aryl methyl sites for hydroxylation is 1. The average molecular weight is 345 g/mol. The first-order chi connectivity index (χ1) is 11.4. The van der Waals surface area contributed by atoms with E-state index in [4.69, 9.17) is 4.74 Å². The lowest BCUT2D eigenvalue weighted by Crippen LogP contribution is -2.28. The van der Waals surface area contributed by atoms with Crippen LogP contribution in [0.1, 0.15) is 74.9 Å². The van der Waals surface area contributed by atoms with Crippen LogP contribution in [0.5, 0.6) is 0 Å². The SMILES string of the molecule is Cc1ccc(C(C)(C)C)cc1C1OCCCC1C(C)c1csnn1. The fourth-order valence-electron chi connectivity index (χ4n) is 3.64. The highest BCUT2D eigenvalue weighted by atomic mass is 32.1. The molecule has 1 aromatic carbocycles. The second-order valence-electron chi connectivity index (χ2n) is 8.04. The number of ether oxygens (including phenoxy) is 1. The fraction of sp³-hybridized carbons (Fsp3) is 0.600. The largest absolute Gasteiger partial charge is 0.373 e. The molecule has 1 aliphatic heterocycles. The zero-order valence-corrected chi connectivity index (χ0v) is 16.2. The molecule has 2 heterocycles. The maximum atomic E-state index is 6.30. The Morgan fingerprint density at radius 1 is 1.29 bits per heavy atom. The smallest absolute Gasteiger partial charge is 0.0862 e. The molecular formula is C20H28N2OS. The van der Waals surface area contributed by atoms with Crippen molar-refractivity contribution in [1.29, 1.82) is 0 Å². The molecule has 130 valence electrons. The molecule has 3 rings (SSSR count). The standard InChI is InChI=1S/C20H28N2OS/c1-13-8-9-15(20(3,4)5)11-17(13)19-16(7-6-10-23-19)14(2)18-12-24-22-21-18/h8-9,11-12,14,16,19H,6-7,10H2,1-5H3. The normalized spacial score (nSPS) is 23.2. The molecule has 1 aliphatic rings. The van der Waals surface area contributed by atoms with E-state index >= 15 is 0 Å². The molecule has 3 atom stereocenters. The van der Waals surface area contributed by atoms with Gasteiger partial charge in [0.2, 0.25) is 0 Å². The molecule has 0 saturated carbocycles. The van der Waals surface area contributed by atoms with Crippen LogP contribution in [0.15, 0.2) is 23.6 Å². The maximum Gasteiger partial charge on any atom is 0.0862 e. The summed E-state index contributed by atoms with van der Waals surface area (Å²) in [5.74, 6) is 0.823. The lowest BCUT2D eigenvalue weighted by atomic mass is 9.77. The van der Waals surface area contributed by atoms with E-state index in [1.54, 1.807) is 0 Å². The molecular weight excluding hydrogens is 316 g/mol. The fourth-order valence-corrected chi connectivity index (χ4v) is 4.20. The molecule has 3 nitrogen and oxygen atoms in total. The minimum atomic E-state index is 0.150. The molecule has 2 aromatic rings. The number of rotatable bonds is 3. The van der Waals surface area contributed by atoms with E-state index < -0.39 is 0 Å². The second kappa shape index (κ2) is 6.93. The number of hydrogen-bond acceptors (Lipinski definition) is 4. The Labute approximate surface area is 149 Å². The van der Waals surface area contributed by atoms with Crippen molar-refractivity contribution in [1.82, 2.24) is 9.59 Å². The molecule has 3 unspecified atom stereocenters. The van der Waals surface area contributed by atoms with Gasteiger partial charge in [-0.15, -0.1) is 5.10 Å². The minimum absolute atomic E-state index is 0.150. The average Bonchev–Trinajstić information content (AvgIpc) is 3.08. The zero-order valence-electron chi connectivity index (χ0n) is 15.4. The predicted octanol–water partition coefficient (Wildman–Crippen LogP) is 5.42. The zero-order chi connectivity index (χ0) is 17.3. The first-order valence-electron chi connectivity index (χ1n) is 8.87. The van der Waals surface area contributed by atoms with E-state index in [-0.39, 0.29) is 11.5 Å². The van der Waals surface area contributed by atoms with E-state index in [0.29, 0.717) is 11.8 Å². The molecule has 4 heteroatoms. The van der Waals surface area contributed by atoms with Gasteiger partial charge in [0.25, 0.3) is 0 Å². The molecule has 1 fully saturated rings. The van der Waals surface area contributed by atoms with Gasteiger partial charge in [-0.1, -0.05) is 50.4 Å². The highest BCUT2D eigenvalue weighted by Gasteiger charge is 2.34. The molecule has 24 heavy (non-hydrogen) atoms. The van der Waals surface area contributed by atoms with E-state index in [9.17, 15) is 0 Å². The van der Waals surface area contributed by atoms with E-state index in [1.165, 1.54) is 34.6 Å². The Balaban J connectivity index is 1.96. The molecule has 0 amide bonds. The summed E-state index contributed by atoms with van der Waals surface area (Å²) in [6.07, 6.45) is 2.46. The summed E-state index contributed by atoms with van der Waals surface area (Å²) in [6.45, 7) is 12.1. The Hall–Kier alpha value is -1.26. The molecule has 0 spiro atoms. The van der Waals surface area contributed by atoms with Crippen molar-refractivity contribution < 1.29 is 4.74 Å². The van der Waals surface area contributed by atoms with Crippen molar-refractivity contribution in [2.45, 2.75) is 64.9 Å². The van der Waals surface area contributed by atoms with E-state index in [1.807, 2.05) is 0 Å². The van der Waals surface area contributed by atoms with Gasteiger partial charge in [0, 0.05) is 17.9 Å². The Morgan fingerprint density at radius 2 is 2.08 bits per heavy atom. The van der Waals surface area contributed by atoms with Gasteiger partial charge in [0.05, 0.1) is 11.8 Å². The van der Waals surface area contributed by atoms with Gasteiger partial charge in [-0.05, 0) is 59.3 Å². The third-order valence-electron chi connectivity index (χ3n) is 5.31. The van der Waals surface area contributed by atoms with Crippen LogP contribution < -0.4 is 0 Å². The van der Waals surface area contributed by atoms with Gasteiger partial charge in [-0.2, -0.15) is 0 Å². The van der Waals surface area contributed by atoms with Crippen molar-refractivity contribution in [3.63, 3.8) is 0 Å². The van der Waals surface area contributed by atoms with Crippen molar-refractivity contribution >= 4 is 11.5 Å². The number of nitrogens with zero attached hydrogens (tertiary/aromatic N) is 2. The lowest BCUT2D eigenvalue weighted by Gasteiger charge is -2.36. The van der Waals surface area contributed by atoms with Crippen molar-refractivity contribution in [2.24, 2.45) is 5.92 Å². The number of aromatic nitrogens is 2. The van der Waals surface area contributed by atoms with Crippen molar-refractivity contribution in [3.8, 4) is 0 Å². The Morgan fingerprint density at radius 3 is 2.75 bits per heavy atom. The molecule has 0 bridgehead atoms. The van der Waals surface area contributed by atoms with Gasteiger partial charge >= 0.3 is 0 Å². The lowest BCUT2D eigenvalue weighted by molar-refractivity contribution is -0.0366. The summed E-state index contributed by atoms with van der Waals surface area (Å²) in [4.78, 5) is 0. The van der Waals surface area contributed by atoms with E-state index in [2.05, 4.69) is 67.8 Å². The third kappa shape index (κ3) is 3.55. The molecule has 0 aliphatic carbocycles. The third-order valence-corrected chi connectivity index (χ3v) is 5.83. The number of hydrogen-bond donors (Lipinski definition) is 0. The van der Waals surface area contributed by atoms with Crippen LogP contribution in [-0.2, 0) is 10.2 Å². The van der Waals surface area contributed by atoms with Crippen LogP contribution in [0.2, 0.25) is 0 Å². The van der Waals surface area contributed by atoms with Crippen molar-refractivity contribution in [3.05, 3.63) is 46.0 Å². The van der Waals surface area contributed by atoms with Crippen LogP contribution in [0, 0.1) is 12.8 Å². The van der Waals surface area contributed by atoms with Gasteiger partial charge in [0.15, 0.2) is 0 Å². The van der Waals surface area contributed by atoms with Crippen molar-refractivity contribution in [2.75, 3.05) is 6.61 Å². The summed E-state index contributed by atoms with van der Waals surface area (Å²) in [6, 6.07) is 6.87. The number of benzene rings is 1. The summed E-state index contributed by atoms with van der Waals surface area (Å²) < 4.78 is 10.4. The summed E-state index contributed by atoms with van der Waals surface area (Å²) in [5, 5.41) is 6.39. The van der Waals surface area contributed by atoms with Crippen LogP contribution in [-0.4, -0.2) is 16.2 Å².